The molecule has 0 aromatic carbocycles. The lowest BCUT2D eigenvalue weighted by Gasteiger charge is -2.13. The second-order valence-corrected chi connectivity index (χ2v) is 5.82. The minimum atomic E-state index is -3.18. The van der Waals surface area contributed by atoms with Gasteiger partial charge in [-0.3, -0.25) is 0 Å². The zero-order valence-corrected chi connectivity index (χ0v) is 10.0. The van der Waals surface area contributed by atoms with Crippen molar-refractivity contribution in [3.8, 4) is 6.01 Å². The van der Waals surface area contributed by atoms with Gasteiger partial charge in [0.05, 0.1) is 25.2 Å². The number of hydrogen-bond donors (Lipinski definition) is 0. The fourth-order valence-electron chi connectivity index (χ4n) is 1.61. The Morgan fingerprint density at radius 1 is 1.47 bits per heavy atom. The number of hydrogen-bond acceptors (Lipinski definition) is 5. The summed E-state index contributed by atoms with van der Waals surface area (Å²) in [6.07, 6.45) is 3.46. The molecule has 0 radical (unpaired) electrons. The Morgan fingerprint density at radius 2 is 2.12 bits per heavy atom. The van der Waals surface area contributed by atoms with Gasteiger partial charge in [0.2, 0.25) is 10.0 Å². The van der Waals surface area contributed by atoms with Gasteiger partial charge in [0.15, 0.2) is 5.82 Å². The van der Waals surface area contributed by atoms with Crippen molar-refractivity contribution in [1.82, 2.24) is 14.3 Å². The molecule has 1 atom stereocenters. The Bertz CT molecular complexity index is 491. The molecule has 0 aliphatic carbocycles. The Labute approximate surface area is 98.5 Å². The van der Waals surface area contributed by atoms with Crippen molar-refractivity contribution in [2.24, 2.45) is 0 Å². The molecule has 2 heterocycles. The van der Waals surface area contributed by atoms with Crippen molar-refractivity contribution in [1.29, 1.82) is 0 Å². The largest absolute Gasteiger partial charge is 0.459 e. The molecule has 1 saturated heterocycles. The Balaban J connectivity index is 1.96. The molecule has 1 fully saturated rings. The zero-order valence-electron chi connectivity index (χ0n) is 9.21. The Kier molecular flexibility index (Phi) is 3.25. The standard InChI is InChI=1S/C9H12FN3O3S/c1-17(14,15)13-3-2-8(6-13)16-9-11-4-7(10)5-12-9/h4-5,8H,2-3,6H2,1H3/t8-/m0/s1. The average molecular weight is 261 g/mol. The second kappa shape index (κ2) is 4.53. The van der Waals surface area contributed by atoms with Crippen LogP contribution in [0.25, 0.3) is 0 Å². The molecule has 0 unspecified atom stereocenters. The highest BCUT2D eigenvalue weighted by Gasteiger charge is 2.30. The van der Waals surface area contributed by atoms with Crippen LogP contribution in [0.1, 0.15) is 6.42 Å². The first kappa shape index (κ1) is 12.2. The molecule has 17 heavy (non-hydrogen) atoms. The summed E-state index contributed by atoms with van der Waals surface area (Å²) >= 11 is 0. The molecule has 2 rings (SSSR count). The average Bonchev–Trinajstić information content (AvgIpc) is 2.69. The molecule has 1 aliphatic rings. The molecule has 6 nitrogen and oxygen atoms in total. The Hall–Kier alpha value is -1.28. The van der Waals surface area contributed by atoms with E-state index in [2.05, 4.69) is 9.97 Å². The summed E-state index contributed by atoms with van der Waals surface area (Å²) in [4.78, 5) is 7.31. The molecule has 94 valence electrons. The molecule has 0 bridgehead atoms. The summed E-state index contributed by atoms with van der Waals surface area (Å²) in [6, 6.07) is 0.0618. The summed E-state index contributed by atoms with van der Waals surface area (Å²) in [6.45, 7) is 0.699. The van der Waals surface area contributed by atoms with Gasteiger partial charge in [0, 0.05) is 6.54 Å². The van der Waals surface area contributed by atoms with Gasteiger partial charge >= 0.3 is 6.01 Å². The quantitative estimate of drug-likeness (QED) is 0.767. The maximum absolute atomic E-state index is 12.6. The predicted octanol–water partition coefficient (Wildman–Crippen LogP) is 0.0284. The minimum Gasteiger partial charge on any atom is -0.459 e. The highest BCUT2D eigenvalue weighted by Crippen LogP contribution is 2.16. The zero-order chi connectivity index (χ0) is 12.5. The van der Waals surface area contributed by atoms with E-state index in [4.69, 9.17) is 4.74 Å². The van der Waals surface area contributed by atoms with Crippen molar-refractivity contribution in [2.75, 3.05) is 19.3 Å². The first-order valence-corrected chi connectivity index (χ1v) is 6.89. The summed E-state index contributed by atoms with van der Waals surface area (Å²) in [5.74, 6) is -0.540. The molecule has 0 amide bonds. The summed E-state index contributed by atoms with van der Waals surface area (Å²) in [5.41, 5.74) is 0. The SMILES string of the molecule is CS(=O)(=O)N1CC[C@H](Oc2ncc(F)cn2)C1. The molecular formula is C9H12FN3O3S. The van der Waals surface area contributed by atoms with Crippen molar-refractivity contribution in [2.45, 2.75) is 12.5 Å². The van der Waals surface area contributed by atoms with E-state index in [-0.39, 0.29) is 18.7 Å². The van der Waals surface area contributed by atoms with Crippen LogP contribution < -0.4 is 4.74 Å². The van der Waals surface area contributed by atoms with E-state index < -0.39 is 15.8 Å². The van der Waals surface area contributed by atoms with Gasteiger partial charge in [0.1, 0.15) is 6.10 Å². The van der Waals surface area contributed by atoms with Gasteiger partial charge in [-0.2, -0.15) is 4.31 Å². The van der Waals surface area contributed by atoms with Crippen LogP contribution in [0.5, 0.6) is 6.01 Å². The van der Waals surface area contributed by atoms with Crippen LogP contribution in [0, 0.1) is 5.82 Å². The van der Waals surface area contributed by atoms with E-state index >= 15 is 0 Å². The van der Waals surface area contributed by atoms with E-state index in [0.717, 1.165) is 18.6 Å². The maximum atomic E-state index is 12.6. The third-order valence-corrected chi connectivity index (χ3v) is 3.72. The Morgan fingerprint density at radius 3 is 2.65 bits per heavy atom. The van der Waals surface area contributed by atoms with Crippen LogP contribution in [0.15, 0.2) is 12.4 Å². The van der Waals surface area contributed by atoms with Crippen molar-refractivity contribution < 1.29 is 17.5 Å². The predicted molar refractivity (Wildman–Crippen MR) is 57.4 cm³/mol. The van der Waals surface area contributed by atoms with Crippen molar-refractivity contribution >= 4 is 10.0 Å². The highest BCUT2D eigenvalue weighted by atomic mass is 32.2. The lowest BCUT2D eigenvalue weighted by molar-refractivity contribution is 0.197. The molecule has 1 aliphatic heterocycles. The number of halogens is 1. The van der Waals surface area contributed by atoms with Crippen LogP contribution in [-0.2, 0) is 10.0 Å². The van der Waals surface area contributed by atoms with E-state index in [1.54, 1.807) is 0 Å². The van der Waals surface area contributed by atoms with Gasteiger partial charge in [-0.15, -0.1) is 0 Å². The lowest BCUT2D eigenvalue weighted by atomic mass is 10.3. The topological polar surface area (TPSA) is 72.4 Å². The number of aromatic nitrogens is 2. The van der Waals surface area contributed by atoms with E-state index in [9.17, 15) is 12.8 Å². The number of sulfonamides is 1. The molecule has 8 heteroatoms. The first-order valence-electron chi connectivity index (χ1n) is 5.04. The number of nitrogens with zero attached hydrogens (tertiary/aromatic N) is 3. The van der Waals surface area contributed by atoms with E-state index in [0.29, 0.717) is 13.0 Å². The molecule has 0 N–H and O–H groups in total. The van der Waals surface area contributed by atoms with Crippen molar-refractivity contribution in [3.63, 3.8) is 0 Å². The van der Waals surface area contributed by atoms with Gasteiger partial charge in [-0.25, -0.2) is 22.8 Å². The third kappa shape index (κ3) is 3.10. The van der Waals surface area contributed by atoms with Crippen LogP contribution in [0.2, 0.25) is 0 Å². The van der Waals surface area contributed by atoms with Gasteiger partial charge < -0.3 is 4.74 Å². The lowest BCUT2D eigenvalue weighted by Crippen LogP contribution is -2.30. The summed E-state index contributed by atoms with van der Waals surface area (Å²) in [5, 5.41) is 0. The molecule has 1 aromatic rings. The fourth-order valence-corrected chi connectivity index (χ4v) is 2.48. The molecular weight excluding hydrogens is 249 g/mol. The van der Waals surface area contributed by atoms with Gasteiger partial charge in [0.25, 0.3) is 0 Å². The highest BCUT2D eigenvalue weighted by molar-refractivity contribution is 7.88. The minimum absolute atomic E-state index is 0.0618. The normalized spacial score (nSPS) is 21.6. The smallest absolute Gasteiger partial charge is 0.316 e. The van der Waals surface area contributed by atoms with Crippen LogP contribution >= 0.6 is 0 Å². The van der Waals surface area contributed by atoms with E-state index in [1.807, 2.05) is 0 Å². The monoisotopic (exact) mass is 261 g/mol. The first-order chi connectivity index (χ1) is 7.95. The van der Waals surface area contributed by atoms with Gasteiger partial charge in [-0.1, -0.05) is 0 Å². The van der Waals surface area contributed by atoms with Crippen LogP contribution in [-0.4, -0.2) is 48.1 Å². The number of ether oxygens (including phenoxy) is 1. The number of rotatable bonds is 3. The van der Waals surface area contributed by atoms with Crippen LogP contribution in [0.4, 0.5) is 4.39 Å². The van der Waals surface area contributed by atoms with E-state index in [1.165, 1.54) is 4.31 Å². The maximum Gasteiger partial charge on any atom is 0.316 e. The summed E-state index contributed by atoms with van der Waals surface area (Å²) < 4.78 is 41.8. The third-order valence-electron chi connectivity index (χ3n) is 2.45. The summed E-state index contributed by atoms with van der Waals surface area (Å²) in [7, 11) is -3.18. The molecule has 0 spiro atoms. The van der Waals surface area contributed by atoms with Crippen molar-refractivity contribution in [3.05, 3.63) is 18.2 Å². The molecule has 1 aromatic heterocycles. The van der Waals surface area contributed by atoms with Crippen LogP contribution in [0.3, 0.4) is 0 Å². The molecule has 0 saturated carbocycles. The second-order valence-electron chi connectivity index (χ2n) is 3.83. The fraction of sp³-hybridized carbons (Fsp3) is 0.556. The van der Waals surface area contributed by atoms with Gasteiger partial charge in [-0.05, 0) is 6.42 Å².